The van der Waals surface area contributed by atoms with Gasteiger partial charge in [0.15, 0.2) is 5.78 Å². The SMILES string of the molecule is CC1=CC(=O)C(CNC(=O)c2cc(-c3ccc(CN4CCOCC4)cc3)cc(N(C)C3CCNCC3)c2C)C(C)=C1. The van der Waals surface area contributed by atoms with Crippen LogP contribution in [0.3, 0.4) is 0 Å². The van der Waals surface area contributed by atoms with Crippen LogP contribution in [0.15, 0.2) is 59.7 Å². The van der Waals surface area contributed by atoms with Crippen LogP contribution in [0.5, 0.6) is 0 Å². The van der Waals surface area contributed by atoms with E-state index in [1.807, 2.05) is 32.9 Å². The molecule has 2 heterocycles. The summed E-state index contributed by atoms with van der Waals surface area (Å²) in [6.45, 7) is 12.7. The predicted octanol–water partition coefficient (Wildman–Crippen LogP) is 4.50. The Morgan fingerprint density at radius 1 is 1.02 bits per heavy atom. The van der Waals surface area contributed by atoms with Crippen LogP contribution >= 0.6 is 0 Å². The molecular formula is C34H44N4O3. The number of amides is 1. The van der Waals surface area contributed by atoms with Crippen molar-refractivity contribution < 1.29 is 14.3 Å². The second-order valence-corrected chi connectivity index (χ2v) is 11.8. The molecule has 0 bridgehead atoms. The van der Waals surface area contributed by atoms with Gasteiger partial charge in [0.25, 0.3) is 5.91 Å². The van der Waals surface area contributed by atoms with E-state index in [2.05, 4.69) is 57.8 Å². The zero-order valence-corrected chi connectivity index (χ0v) is 25.0. The van der Waals surface area contributed by atoms with Crippen molar-refractivity contribution in [3.05, 3.63) is 76.4 Å². The minimum atomic E-state index is -0.318. The average Bonchev–Trinajstić information content (AvgIpc) is 2.97. The molecule has 1 atom stereocenters. The van der Waals surface area contributed by atoms with Gasteiger partial charge < -0.3 is 20.3 Å². The first kappa shape index (κ1) is 29.2. The Labute approximate surface area is 244 Å². The normalized spacial score (nSPS) is 20.4. The van der Waals surface area contributed by atoms with Crippen LogP contribution in [0, 0.1) is 12.8 Å². The maximum Gasteiger partial charge on any atom is 0.251 e. The molecule has 5 rings (SSSR count). The van der Waals surface area contributed by atoms with Gasteiger partial charge in [-0.1, -0.05) is 35.9 Å². The van der Waals surface area contributed by atoms with Gasteiger partial charge in [-0.3, -0.25) is 14.5 Å². The van der Waals surface area contributed by atoms with Crippen LogP contribution in [0.4, 0.5) is 5.69 Å². The number of carbonyl (C=O) groups excluding carboxylic acids is 2. The Morgan fingerprint density at radius 2 is 1.73 bits per heavy atom. The minimum absolute atomic E-state index is 0.0526. The van der Waals surface area contributed by atoms with E-state index in [1.165, 1.54) is 5.56 Å². The lowest BCUT2D eigenvalue weighted by Crippen LogP contribution is -2.41. The summed E-state index contributed by atoms with van der Waals surface area (Å²) in [5.74, 6) is -0.404. The summed E-state index contributed by atoms with van der Waals surface area (Å²) in [4.78, 5) is 31.1. The van der Waals surface area contributed by atoms with Gasteiger partial charge in [0.1, 0.15) is 0 Å². The van der Waals surface area contributed by atoms with Gasteiger partial charge in [-0.25, -0.2) is 0 Å². The molecule has 2 fully saturated rings. The predicted molar refractivity (Wildman–Crippen MR) is 165 cm³/mol. The molecule has 3 aliphatic rings. The lowest BCUT2D eigenvalue weighted by molar-refractivity contribution is -0.117. The largest absolute Gasteiger partial charge is 0.379 e. The van der Waals surface area contributed by atoms with E-state index in [4.69, 9.17) is 4.74 Å². The second kappa shape index (κ2) is 13.1. The zero-order chi connectivity index (χ0) is 28.9. The van der Waals surface area contributed by atoms with Crippen LogP contribution in [-0.4, -0.2) is 75.6 Å². The molecule has 0 saturated carbocycles. The lowest BCUT2D eigenvalue weighted by Gasteiger charge is -2.35. The molecule has 1 unspecified atom stereocenters. The van der Waals surface area contributed by atoms with Crippen molar-refractivity contribution in [2.45, 2.75) is 46.2 Å². The van der Waals surface area contributed by atoms with Crippen molar-refractivity contribution in [3.63, 3.8) is 0 Å². The monoisotopic (exact) mass is 556 g/mol. The number of piperidine rings is 1. The number of nitrogens with one attached hydrogen (secondary N) is 2. The summed E-state index contributed by atoms with van der Waals surface area (Å²) in [6, 6.07) is 13.4. The van der Waals surface area contributed by atoms with E-state index in [0.717, 1.165) is 92.3 Å². The van der Waals surface area contributed by atoms with Crippen LogP contribution in [0.2, 0.25) is 0 Å². The van der Waals surface area contributed by atoms with Gasteiger partial charge in [-0.2, -0.15) is 0 Å². The molecule has 2 saturated heterocycles. The number of benzene rings is 2. The zero-order valence-electron chi connectivity index (χ0n) is 25.0. The van der Waals surface area contributed by atoms with E-state index in [1.54, 1.807) is 6.08 Å². The van der Waals surface area contributed by atoms with Crippen molar-refractivity contribution in [2.75, 3.05) is 57.9 Å². The second-order valence-electron chi connectivity index (χ2n) is 11.8. The summed E-state index contributed by atoms with van der Waals surface area (Å²) in [5, 5.41) is 6.55. The molecule has 41 heavy (non-hydrogen) atoms. The molecule has 2 aliphatic heterocycles. The van der Waals surface area contributed by atoms with E-state index in [0.29, 0.717) is 18.2 Å². The maximum atomic E-state index is 13.7. The highest BCUT2D eigenvalue weighted by Gasteiger charge is 2.25. The third-order valence-electron chi connectivity index (χ3n) is 8.84. The molecule has 218 valence electrons. The summed E-state index contributed by atoms with van der Waals surface area (Å²) >= 11 is 0. The Kier molecular flexibility index (Phi) is 9.38. The van der Waals surface area contributed by atoms with Crippen LogP contribution in [0.25, 0.3) is 11.1 Å². The number of nitrogens with zero attached hydrogens (tertiary/aromatic N) is 2. The molecular weight excluding hydrogens is 512 g/mol. The van der Waals surface area contributed by atoms with E-state index < -0.39 is 0 Å². The molecule has 0 aromatic heterocycles. The van der Waals surface area contributed by atoms with Crippen LogP contribution < -0.4 is 15.5 Å². The summed E-state index contributed by atoms with van der Waals surface area (Å²) in [6.07, 6.45) is 5.84. The van der Waals surface area contributed by atoms with Crippen molar-refractivity contribution in [1.29, 1.82) is 0 Å². The van der Waals surface area contributed by atoms with Crippen LogP contribution in [0.1, 0.15) is 48.2 Å². The smallest absolute Gasteiger partial charge is 0.251 e. The summed E-state index contributed by atoms with van der Waals surface area (Å²) in [5.41, 5.74) is 8.05. The van der Waals surface area contributed by atoms with E-state index in [9.17, 15) is 9.59 Å². The number of hydrogen-bond acceptors (Lipinski definition) is 6. The summed E-state index contributed by atoms with van der Waals surface area (Å²) in [7, 11) is 2.15. The van der Waals surface area contributed by atoms with E-state index in [-0.39, 0.29) is 17.6 Å². The Balaban J connectivity index is 1.41. The highest BCUT2D eigenvalue weighted by molar-refractivity contribution is 6.00. The molecule has 2 aromatic carbocycles. The molecule has 7 nitrogen and oxygen atoms in total. The van der Waals surface area contributed by atoms with Crippen molar-refractivity contribution in [2.24, 2.45) is 5.92 Å². The third-order valence-corrected chi connectivity index (χ3v) is 8.84. The molecule has 0 radical (unpaired) electrons. The number of anilines is 1. The molecule has 2 N–H and O–H groups in total. The summed E-state index contributed by atoms with van der Waals surface area (Å²) < 4.78 is 5.49. The first-order valence-corrected chi connectivity index (χ1v) is 15.0. The van der Waals surface area contributed by atoms with Gasteiger partial charge in [0, 0.05) is 50.5 Å². The number of rotatable bonds is 8. The minimum Gasteiger partial charge on any atom is -0.379 e. The molecule has 0 spiro atoms. The highest BCUT2D eigenvalue weighted by Crippen LogP contribution is 2.33. The van der Waals surface area contributed by atoms with Crippen LogP contribution in [-0.2, 0) is 16.1 Å². The van der Waals surface area contributed by atoms with Gasteiger partial charge in [-0.15, -0.1) is 0 Å². The molecule has 7 heteroatoms. The maximum absolute atomic E-state index is 13.7. The van der Waals surface area contributed by atoms with Gasteiger partial charge in [0.05, 0.1) is 19.1 Å². The number of hydrogen-bond donors (Lipinski definition) is 2. The Hall–Kier alpha value is -3.26. The Morgan fingerprint density at radius 3 is 2.41 bits per heavy atom. The van der Waals surface area contributed by atoms with Gasteiger partial charge in [0.2, 0.25) is 0 Å². The number of ether oxygens (including phenoxy) is 1. The number of carbonyl (C=O) groups is 2. The third kappa shape index (κ3) is 6.97. The van der Waals surface area contributed by atoms with Crippen molar-refractivity contribution in [3.8, 4) is 11.1 Å². The highest BCUT2D eigenvalue weighted by atomic mass is 16.5. The molecule has 2 aromatic rings. The molecule has 1 amide bonds. The average molecular weight is 557 g/mol. The fourth-order valence-electron chi connectivity index (χ4n) is 6.28. The lowest BCUT2D eigenvalue weighted by atomic mass is 9.88. The first-order chi connectivity index (χ1) is 19.8. The first-order valence-electron chi connectivity index (χ1n) is 15.0. The van der Waals surface area contributed by atoms with Crippen molar-refractivity contribution in [1.82, 2.24) is 15.5 Å². The number of allylic oxidation sites excluding steroid dienone is 3. The van der Waals surface area contributed by atoms with E-state index >= 15 is 0 Å². The van der Waals surface area contributed by atoms with Crippen molar-refractivity contribution >= 4 is 17.4 Å². The number of ketones is 1. The quantitative estimate of drug-likeness (QED) is 0.499. The molecule has 1 aliphatic carbocycles. The fraction of sp³-hybridized carbons (Fsp3) is 0.471. The fourth-order valence-corrected chi connectivity index (χ4v) is 6.28. The van der Waals surface area contributed by atoms with Gasteiger partial charge >= 0.3 is 0 Å². The van der Waals surface area contributed by atoms with Gasteiger partial charge in [-0.05, 0) is 92.7 Å². The number of morpholine rings is 1. The Bertz CT molecular complexity index is 1320. The standard InChI is InChI=1S/C34H44N4O3/c1-23-17-24(2)31(33(39)18-23)21-36-34(40)30-19-28(20-32(25(30)3)37(4)29-9-11-35-12-10-29)27-7-5-26(6-8-27)22-38-13-15-41-16-14-38/h5-8,17-20,29,31,35H,9-16,21-22H2,1-4H3,(H,36,40). The topological polar surface area (TPSA) is 73.9 Å².